The summed E-state index contributed by atoms with van der Waals surface area (Å²) in [6.07, 6.45) is 2.64. The van der Waals surface area contributed by atoms with Gasteiger partial charge in [-0.25, -0.2) is 0 Å². The summed E-state index contributed by atoms with van der Waals surface area (Å²) < 4.78 is 24.5. The van der Waals surface area contributed by atoms with Crippen molar-refractivity contribution in [2.24, 2.45) is 0 Å². The van der Waals surface area contributed by atoms with Gasteiger partial charge in [0.25, 0.3) is 0 Å². The highest BCUT2D eigenvalue weighted by molar-refractivity contribution is 5.75. The molecule has 2 saturated heterocycles. The molecule has 1 aromatic rings. The average molecular weight is 376 g/mol. The zero-order chi connectivity index (χ0) is 19.5. The van der Waals surface area contributed by atoms with Gasteiger partial charge in [0, 0.05) is 6.42 Å². The molecular formula is C22H32O5. The number of carbonyl (C=O) groups is 1. The molecule has 2 aliphatic heterocycles. The van der Waals surface area contributed by atoms with Crippen molar-refractivity contribution in [1.82, 2.24) is 0 Å². The third-order valence-electron chi connectivity index (χ3n) is 5.54. The van der Waals surface area contributed by atoms with Gasteiger partial charge in [-0.05, 0) is 52.5 Å². The Morgan fingerprint density at radius 3 is 2.56 bits per heavy atom. The van der Waals surface area contributed by atoms with Gasteiger partial charge in [0.05, 0.1) is 31.0 Å². The fourth-order valence-corrected chi connectivity index (χ4v) is 3.88. The predicted molar refractivity (Wildman–Crippen MR) is 102 cm³/mol. The lowest BCUT2D eigenvalue weighted by Gasteiger charge is -2.45. The van der Waals surface area contributed by atoms with Gasteiger partial charge in [0.15, 0.2) is 5.79 Å². The minimum atomic E-state index is -0.577. The van der Waals surface area contributed by atoms with E-state index in [4.69, 9.17) is 18.9 Å². The Labute approximate surface area is 162 Å². The molecule has 2 aliphatic rings. The fourth-order valence-electron chi connectivity index (χ4n) is 3.88. The van der Waals surface area contributed by atoms with Gasteiger partial charge in [-0.15, -0.1) is 0 Å². The maximum atomic E-state index is 11.5. The van der Waals surface area contributed by atoms with Gasteiger partial charge in [-0.1, -0.05) is 30.3 Å². The Hall–Kier alpha value is -1.27. The molecule has 2 heterocycles. The maximum Gasteiger partial charge on any atom is 0.163 e. The van der Waals surface area contributed by atoms with Gasteiger partial charge in [0.2, 0.25) is 0 Å². The van der Waals surface area contributed by atoms with Crippen LogP contribution in [0.25, 0.3) is 0 Å². The van der Waals surface area contributed by atoms with Gasteiger partial charge in [-0.2, -0.15) is 0 Å². The highest BCUT2D eigenvalue weighted by atomic mass is 16.8. The number of hydrogen-bond acceptors (Lipinski definition) is 5. The second kappa shape index (κ2) is 8.39. The van der Waals surface area contributed by atoms with E-state index in [9.17, 15) is 4.79 Å². The van der Waals surface area contributed by atoms with E-state index in [1.807, 2.05) is 32.0 Å². The molecule has 27 heavy (non-hydrogen) atoms. The van der Waals surface area contributed by atoms with Gasteiger partial charge >= 0.3 is 0 Å². The van der Waals surface area contributed by atoms with Crippen LogP contribution >= 0.6 is 0 Å². The highest BCUT2D eigenvalue weighted by Gasteiger charge is 2.49. The summed E-state index contributed by atoms with van der Waals surface area (Å²) in [5, 5.41) is 0. The summed E-state index contributed by atoms with van der Waals surface area (Å²) in [4.78, 5) is 11.5. The summed E-state index contributed by atoms with van der Waals surface area (Å²) in [6.45, 7) is 8.65. The van der Waals surface area contributed by atoms with E-state index in [0.717, 1.165) is 18.4 Å². The summed E-state index contributed by atoms with van der Waals surface area (Å²) in [7, 11) is 0. The number of rotatable bonds is 7. The number of benzene rings is 1. The first-order chi connectivity index (χ1) is 12.8. The van der Waals surface area contributed by atoms with E-state index >= 15 is 0 Å². The molecule has 0 radical (unpaired) electrons. The molecule has 5 heteroatoms. The summed E-state index contributed by atoms with van der Waals surface area (Å²) in [6, 6.07) is 10.1. The molecule has 0 spiro atoms. The van der Waals surface area contributed by atoms with E-state index in [1.54, 1.807) is 6.92 Å². The first kappa shape index (κ1) is 20.5. The molecular weight excluding hydrogens is 344 g/mol. The van der Waals surface area contributed by atoms with Crippen LogP contribution in [0.4, 0.5) is 0 Å². The minimum Gasteiger partial charge on any atom is -0.371 e. The van der Waals surface area contributed by atoms with Gasteiger partial charge in [0.1, 0.15) is 11.9 Å². The van der Waals surface area contributed by atoms with Crippen LogP contribution in [0.5, 0.6) is 0 Å². The molecule has 2 fully saturated rings. The van der Waals surface area contributed by atoms with Crippen molar-refractivity contribution >= 4 is 5.78 Å². The van der Waals surface area contributed by atoms with Crippen LogP contribution in [0.15, 0.2) is 30.3 Å². The first-order valence-electron chi connectivity index (χ1n) is 9.92. The lowest BCUT2D eigenvalue weighted by Crippen LogP contribution is -2.53. The molecule has 3 rings (SSSR count). The number of ether oxygens (including phenoxy) is 4. The summed E-state index contributed by atoms with van der Waals surface area (Å²) >= 11 is 0. The Morgan fingerprint density at radius 1 is 1.19 bits per heavy atom. The zero-order valence-electron chi connectivity index (χ0n) is 16.9. The second-order valence-corrected chi connectivity index (χ2v) is 8.40. The number of carbonyl (C=O) groups excluding carboxylic acids is 1. The molecule has 5 nitrogen and oxygen atoms in total. The lowest BCUT2D eigenvalue weighted by atomic mass is 9.85. The SMILES string of the molecule is CC(=O)CC[C@H]1O[C@](C)([C@H]2COC(C)(C)O2)CC[C@@H]1OCc1ccccc1. The zero-order valence-corrected chi connectivity index (χ0v) is 16.9. The van der Waals surface area contributed by atoms with Crippen LogP contribution in [0.1, 0.15) is 58.9 Å². The van der Waals surface area contributed by atoms with E-state index in [1.165, 1.54) is 0 Å². The van der Waals surface area contributed by atoms with Gasteiger partial charge in [-0.3, -0.25) is 0 Å². The van der Waals surface area contributed by atoms with Crippen molar-refractivity contribution in [2.75, 3.05) is 6.61 Å². The van der Waals surface area contributed by atoms with Crippen LogP contribution in [0.2, 0.25) is 0 Å². The molecule has 4 atom stereocenters. The molecule has 0 N–H and O–H groups in total. The average Bonchev–Trinajstić information content (AvgIpc) is 3.01. The minimum absolute atomic E-state index is 0.0204. The molecule has 0 unspecified atom stereocenters. The Kier molecular flexibility index (Phi) is 6.36. The second-order valence-electron chi connectivity index (χ2n) is 8.40. The van der Waals surface area contributed by atoms with Crippen molar-refractivity contribution in [1.29, 1.82) is 0 Å². The fraction of sp³-hybridized carbons (Fsp3) is 0.682. The number of Topliss-reactive ketones (excluding diaryl/α,β-unsaturated/α-hetero) is 1. The summed E-state index contributed by atoms with van der Waals surface area (Å²) in [5.74, 6) is -0.402. The number of hydrogen-bond donors (Lipinski definition) is 0. The van der Waals surface area contributed by atoms with E-state index in [-0.39, 0.29) is 24.1 Å². The first-order valence-corrected chi connectivity index (χ1v) is 9.92. The van der Waals surface area contributed by atoms with Crippen LogP contribution in [0.3, 0.4) is 0 Å². The molecule has 1 aromatic carbocycles. The summed E-state index contributed by atoms with van der Waals surface area (Å²) in [5.41, 5.74) is 0.715. The van der Waals surface area contributed by atoms with Crippen molar-refractivity contribution in [3.05, 3.63) is 35.9 Å². The Balaban J connectivity index is 1.65. The molecule has 0 saturated carbocycles. The topological polar surface area (TPSA) is 54.0 Å². The van der Waals surface area contributed by atoms with Gasteiger partial charge < -0.3 is 23.7 Å². The quantitative estimate of drug-likeness (QED) is 0.719. The number of ketones is 1. The molecule has 0 bridgehead atoms. The van der Waals surface area contributed by atoms with Crippen molar-refractivity contribution < 1.29 is 23.7 Å². The Bertz CT molecular complexity index is 629. The van der Waals surface area contributed by atoms with E-state index < -0.39 is 11.4 Å². The third kappa shape index (κ3) is 5.38. The van der Waals surface area contributed by atoms with Crippen molar-refractivity contribution in [3.63, 3.8) is 0 Å². The molecule has 0 amide bonds. The maximum absolute atomic E-state index is 11.5. The smallest absolute Gasteiger partial charge is 0.163 e. The molecule has 0 aromatic heterocycles. The third-order valence-corrected chi connectivity index (χ3v) is 5.54. The predicted octanol–water partition coefficient (Wildman–Crippen LogP) is 4.03. The van der Waals surface area contributed by atoms with Crippen LogP contribution < -0.4 is 0 Å². The highest BCUT2D eigenvalue weighted by Crippen LogP contribution is 2.40. The molecule has 150 valence electrons. The van der Waals surface area contributed by atoms with E-state index in [0.29, 0.717) is 26.1 Å². The Morgan fingerprint density at radius 2 is 1.93 bits per heavy atom. The van der Waals surface area contributed by atoms with Crippen LogP contribution in [-0.2, 0) is 30.3 Å². The normalized spacial score (nSPS) is 33.1. The monoisotopic (exact) mass is 376 g/mol. The standard InChI is InChI=1S/C22H32O5/c1-16(23)10-11-19-18(24-14-17-8-6-5-7-9-17)12-13-22(4,26-19)20-15-25-21(2,3)27-20/h5-9,18-20H,10-15H2,1-4H3/t18-,19+,20+,22-/m0/s1. The van der Waals surface area contributed by atoms with E-state index in [2.05, 4.69) is 19.1 Å². The van der Waals surface area contributed by atoms with Crippen molar-refractivity contribution in [2.45, 2.75) is 89.7 Å². The van der Waals surface area contributed by atoms with Crippen molar-refractivity contribution in [3.8, 4) is 0 Å². The lowest BCUT2D eigenvalue weighted by molar-refractivity contribution is -0.235. The van der Waals surface area contributed by atoms with Crippen LogP contribution in [0, 0.1) is 0 Å². The largest absolute Gasteiger partial charge is 0.371 e. The van der Waals surface area contributed by atoms with Crippen LogP contribution in [-0.4, -0.2) is 42.1 Å². The molecule has 0 aliphatic carbocycles.